The number of benzene rings is 2. The number of para-hydroxylation sites is 1. The summed E-state index contributed by atoms with van der Waals surface area (Å²) in [7, 11) is 0. The van der Waals surface area contributed by atoms with Crippen molar-refractivity contribution in [2.24, 2.45) is 5.73 Å². The van der Waals surface area contributed by atoms with Gasteiger partial charge in [0.1, 0.15) is 12.1 Å². The highest BCUT2D eigenvalue weighted by Crippen LogP contribution is 2.26. The molecule has 3 N–H and O–H groups in total. The number of carbonyl (C=O) groups excluding carboxylic acids is 2. The maximum Gasteiger partial charge on any atom is 0.249 e. The van der Waals surface area contributed by atoms with Crippen LogP contribution in [0.5, 0.6) is 0 Å². The van der Waals surface area contributed by atoms with Crippen molar-refractivity contribution in [3.8, 4) is 0 Å². The summed E-state index contributed by atoms with van der Waals surface area (Å²) in [6.07, 6.45) is 0.570. The van der Waals surface area contributed by atoms with Gasteiger partial charge in [0.15, 0.2) is 0 Å². The second kappa shape index (κ2) is 8.34. The smallest absolute Gasteiger partial charge is 0.249 e. The van der Waals surface area contributed by atoms with E-state index in [1.165, 1.54) is 0 Å². The lowest BCUT2D eigenvalue weighted by atomic mass is 10.0. The number of amides is 2. The van der Waals surface area contributed by atoms with E-state index in [1.54, 1.807) is 4.90 Å². The van der Waals surface area contributed by atoms with Crippen LogP contribution in [-0.4, -0.2) is 23.9 Å². The Morgan fingerprint density at radius 2 is 1.77 bits per heavy atom. The first kappa shape index (κ1) is 19.9. The van der Waals surface area contributed by atoms with Gasteiger partial charge < -0.3 is 16.0 Å². The number of nitrogens with one attached hydrogen (secondary N) is 1. The van der Waals surface area contributed by atoms with Crippen molar-refractivity contribution in [2.45, 2.75) is 38.4 Å². The van der Waals surface area contributed by atoms with Gasteiger partial charge in [-0.25, -0.2) is 0 Å². The van der Waals surface area contributed by atoms with Crippen molar-refractivity contribution in [2.75, 3.05) is 4.90 Å². The number of halogens is 1. The quantitative estimate of drug-likeness (QED) is 0.865. The summed E-state index contributed by atoms with van der Waals surface area (Å²) < 4.78 is 0. The minimum atomic E-state index is -0.783. The number of anilines is 1. The Morgan fingerprint density at radius 3 is 2.38 bits per heavy atom. The summed E-state index contributed by atoms with van der Waals surface area (Å²) in [6, 6.07) is 15.7. The predicted molar refractivity (Wildman–Crippen MR) is 105 cm³/mol. The number of rotatable bonds is 4. The second-order valence-corrected chi connectivity index (χ2v) is 6.58. The van der Waals surface area contributed by atoms with Gasteiger partial charge in [-0.3, -0.25) is 9.59 Å². The van der Waals surface area contributed by atoms with Crippen LogP contribution >= 0.6 is 12.4 Å². The molecule has 0 saturated carbocycles. The molecule has 26 heavy (non-hydrogen) atoms. The monoisotopic (exact) mass is 373 g/mol. The van der Waals surface area contributed by atoms with Crippen LogP contribution in [-0.2, 0) is 9.59 Å². The maximum absolute atomic E-state index is 12.7. The number of nitrogens with two attached hydrogens (primary N) is 1. The van der Waals surface area contributed by atoms with Gasteiger partial charge in [-0.05, 0) is 38.0 Å². The summed E-state index contributed by atoms with van der Waals surface area (Å²) in [6.45, 7) is 3.96. The van der Waals surface area contributed by atoms with Crippen molar-refractivity contribution in [1.29, 1.82) is 0 Å². The Hall–Kier alpha value is -2.37. The van der Waals surface area contributed by atoms with Crippen molar-refractivity contribution in [1.82, 2.24) is 5.32 Å². The molecule has 2 amide bonds. The van der Waals surface area contributed by atoms with Crippen LogP contribution in [0.1, 0.15) is 30.5 Å². The molecule has 1 saturated heterocycles. The highest BCUT2D eigenvalue weighted by Gasteiger charge is 2.39. The van der Waals surface area contributed by atoms with E-state index >= 15 is 0 Å². The zero-order valence-electron chi connectivity index (χ0n) is 14.9. The number of nitrogens with zero attached hydrogens (tertiary/aromatic N) is 1. The van der Waals surface area contributed by atoms with Gasteiger partial charge in [-0.2, -0.15) is 0 Å². The summed E-state index contributed by atoms with van der Waals surface area (Å²) >= 11 is 0. The maximum atomic E-state index is 12.7. The molecule has 0 aromatic heterocycles. The largest absolute Gasteiger partial charge is 0.343 e. The Balaban J connectivity index is 0.00000243. The van der Waals surface area contributed by atoms with E-state index in [2.05, 4.69) is 5.32 Å². The molecule has 1 aliphatic heterocycles. The van der Waals surface area contributed by atoms with E-state index in [4.69, 9.17) is 5.73 Å². The summed E-state index contributed by atoms with van der Waals surface area (Å²) in [4.78, 5) is 26.9. The van der Waals surface area contributed by atoms with Crippen LogP contribution in [0.25, 0.3) is 0 Å². The standard InChI is InChI=1S/C20H23N3O2.ClH/c1-13-8-10-15(11-9-13)18(21)19(24)22-17-12-14(2)23(20(17)25)16-6-4-3-5-7-16;/h3-11,14,17-18H,12,21H2,1-2H3,(H,22,24);1H. The predicted octanol–water partition coefficient (Wildman–Crippen LogP) is 2.73. The third-order valence-electron chi connectivity index (χ3n) is 4.62. The van der Waals surface area contributed by atoms with E-state index in [0.717, 1.165) is 16.8 Å². The minimum absolute atomic E-state index is 0. The first-order valence-corrected chi connectivity index (χ1v) is 8.48. The molecule has 1 fully saturated rings. The van der Waals surface area contributed by atoms with Crippen LogP contribution in [0.15, 0.2) is 54.6 Å². The van der Waals surface area contributed by atoms with Gasteiger partial charge in [-0.15, -0.1) is 12.4 Å². The highest BCUT2D eigenvalue weighted by atomic mass is 35.5. The fourth-order valence-electron chi connectivity index (χ4n) is 3.21. The zero-order chi connectivity index (χ0) is 18.0. The second-order valence-electron chi connectivity index (χ2n) is 6.58. The van der Waals surface area contributed by atoms with E-state index < -0.39 is 12.1 Å². The third kappa shape index (κ3) is 4.06. The molecule has 5 nitrogen and oxygen atoms in total. The van der Waals surface area contributed by atoms with Gasteiger partial charge in [0.05, 0.1) is 0 Å². The Labute approximate surface area is 160 Å². The molecule has 3 unspecified atom stereocenters. The summed E-state index contributed by atoms with van der Waals surface area (Å²) in [5, 5.41) is 2.82. The molecule has 138 valence electrons. The third-order valence-corrected chi connectivity index (χ3v) is 4.62. The molecule has 0 aliphatic carbocycles. The lowest BCUT2D eigenvalue weighted by Crippen LogP contribution is -2.45. The first-order chi connectivity index (χ1) is 12.0. The zero-order valence-corrected chi connectivity index (χ0v) is 15.7. The molecule has 2 aromatic rings. The van der Waals surface area contributed by atoms with Crippen LogP contribution in [0.3, 0.4) is 0 Å². The molecule has 0 spiro atoms. The summed E-state index contributed by atoms with van der Waals surface area (Å²) in [5.41, 5.74) is 8.75. The van der Waals surface area contributed by atoms with E-state index in [9.17, 15) is 9.59 Å². The molecular weight excluding hydrogens is 350 g/mol. The molecule has 0 radical (unpaired) electrons. The fraction of sp³-hybridized carbons (Fsp3) is 0.300. The van der Waals surface area contributed by atoms with Gasteiger partial charge in [-0.1, -0.05) is 48.0 Å². The molecule has 0 bridgehead atoms. The minimum Gasteiger partial charge on any atom is -0.343 e. The number of hydrogen-bond acceptors (Lipinski definition) is 3. The van der Waals surface area contributed by atoms with Crippen molar-refractivity contribution >= 4 is 29.9 Å². The highest BCUT2D eigenvalue weighted by molar-refractivity contribution is 6.02. The van der Waals surface area contributed by atoms with Crippen LogP contribution in [0.4, 0.5) is 5.69 Å². The normalized spacial score (nSPS) is 20.4. The van der Waals surface area contributed by atoms with Gasteiger partial charge in [0, 0.05) is 11.7 Å². The molecular formula is C20H24ClN3O2. The Morgan fingerprint density at radius 1 is 1.15 bits per heavy atom. The Kier molecular flexibility index (Phi) is 6.40. The van der Waals surface area contributed by atoms with Crippen LogP contribution < -0.4 is 16.0 Å². The number of hydrogen-bond donors (Lipinski definition) is 2. The van der Waals surface area contributed by atoms with Gasteiger partial charge in [0.25, 0.3) is 0 Å². The van der Waals surface area contributed by atoms with Gasteiger partial charge in [0.2, 0.25) is 11.8 Å². The van der Waals surface area contributed by atoms with Crippen LogP contribution in [0, 0.1) is 6.92 Å². The molecule has 1 heterocycles. The number of aryl methyl sites for hydroxylation is 1. The lowest BCUT2D eigenvalue weighted by Gasteiger charge is -2.21. The van der Waals surface area contributed by atoms with Crippen molar-refractivity contribution in [3.63, 3.8) is 0 Å². The topological polar surface area (TPSA) is 75.4 Å². The molecule has 3 atom stereocenters. The fourth-order valence-corrected chi connectivity index (χ4v) is 3.21. The van der Waals surface area contributed by atoms with Crippen molar-refractivity contribution in [3.05, 3.63) is 65.7 Å². The number of carbonyl (C=O) groups is 2. The average Bonchev–Trinajstić information content (AvgIpc) is 2.89. The lowest BCUT2D eigenvalue weighted by molar-refractivity contribution is -0.127. The molecule has 3 rings (SSSR count). The first-order valence-electron chi connectivity index (χ1n) is 8.48. The van der Waals surface area contributed by atoms with E-state index in [1.807, 2.05) is 68.4 Å². The van der Waals surface area contributed by atoms with Crippen molar-refractivity contribution < 1.29 is 9.59 Å². The Bertz CT molecular complexity index is 764. The van der Waals surface area contributed by atoms with E-state index in [-0.39, 0.29) is 30.3 Å². The average molecular weight is 374 g/mol. The van der Waals surface area contributed by atoms with Gasteiger partial charge >= 0.3 is 0 Å². The van der Waals surface area contributed by atoms with E-state index in [0.29, 0.717) is 6.42 Å². The molecule has 6 heteroatoms. The summed E-state index contributed by atoms with van der Waals surface area (Å²) in [5.74, 6) is -0.424. The molecule has 2 aromatic carbocycles. The van der Waals surface area contributed by atoms with Crippen LogP contribution in [0.2, 0.25) is 0 Å². The molecule has 1 aliphatic rings. The SMILES string of the molecule is Cc1ccc(C(N)C(=O)NC2CC(C)N(c3ccccc3)C2=O)cc1.Cl.